The fourth-order valence-corrected chi connectivity index (χ4v) is 2.66. The van der Waals surface area contributed by atoms with Gasteiger partial charge in [-0.2, -0.15) is 11.3 Å². The van der Waals surface area contributed by atoms with Crippen LogP contribution in [-0.2, 0) is 6.42 Å². The molecule has 3 rings (SSSR count). The minimum Gasteiger partial charge on any atom is -0.490 e. The molecule has 1 aromatic carbocycles. The summed E-state index contributed by atoms with van der Waals surface area (Å²) >= 11 is 1.72. The summed E-state index contributed by atoms with van der Waals surface area (Å²) in [6, 6.07) is 10.4. The third-order valence-electron chi connectivity index (χ3n) is 3.15. The molecular weight excluding hydrogens is 242 g/mol. The lowest BCUT2D eigenvalue weighted by atomic mass is 10.0. The SMILES string of the molecule is NC(Cc1ccsc1)c1cccc(OC2CC2)c1. The largest absolute Gasteiger partial charge is 0.490 e. The number of hydrogen-bond acceptors (Lipinski definition) is 3. The van der Waals surface area contributed by atoms with Gasteiger partial charge in [-0.05, 0) is 59.3 Å². The summed E-state index contributed by atoms with van der Waals surface area (Å²) in [5, 5.41) is 4.25. The monoisotopic (exact) mass is 259 g/mol. The van der Waals surface area contributed by atoms with Crippen molar-refractivity contribution in [1.29, 1.82) is 0 Å². The molecule has 1 aliphatic rings. The van der Waals surface area contributed by atoms with Crippen molar-refractivity contribution in [3.05, 3.63) is 52.2 Å². The molecule has 2 nitrogen and oxygen atoms in total. The average Bonchev–Trinajstić information content (AvgIpc) is 3.04. The van der Waals surface area contributed by atoms with Gasteiger partial charge in [-0.25, -0.2) is 0 Å². The first-order valence-electron chi connectivity index (χ1n) is 6.34. The van der Waals surface area contributed by atoms with Gasteiger partial charge in [-0.3, -0.25) is 0 Å². The molecule has 1 atom stereocenters. The number of benzene rings is 1. The van der Waals surface area contributed by atoms with Gasteiger partial charge in [0.25, 0.3) is 0 Å². The maximum absolute atomic E-state index is 6.25. The Labute approximate surface area is 111 Å². The van der Waals surface area contributed by atoms with Crippen molar-refractivity contribution in [2.24, 2.45) is 5.73 Å². The lowest BCUT2D eigenvalue weighted by Gasteiger charge is -2.13. The molecule has 1 aromatic heterocycles. The highest BCUT2D eigenvalue weighted by Crippen LogP contribution is 2.28. The summed E-state index contributed by atoms with van der Waals surface area (Å²) in [5.41, 5.74) is 8.71. The molecule has 18 heavy (non-hydrogen) atoms. The summed E-state index contributed by atoms with van der Waals surface area (Å²) in [4.78, 5) is 0. The van der Waals surface area contributed by atoms with Crippen molar-refractivity contribution in [2.75, 3.05) is 0 Å². The smallest absolute Gasteiger partial charge is 0.120 e. The molecule has 1 unspecified atom stereocenters. The molecule has 0 spiro atoms. The Hall–Kier alpha value is -1.32. The number of rotatable bonds is 5. The molecule has 0 bridgehead atoms. The molecule has 1 fully saturated rings. The van der Waals surface area contributed by atoms with Crippen LogP contribution in [0.15, 0.2) is 41.1 Å². The minimum absolute atomic E-state index is 0.0438. The highest BCUT2D eigenvalue weighted by Gasteiger charge is 2.23. The second-order valence-electron chi connectivity index (χ2n) is 4.83. The Morgan fingerprint density at radius 1 is 1.33 bits per heavy atom. The normalized spacial score (nSPS) is 16.5. The number of ether oxygens (including phenoxy) is 1. The van der Waals surface area contributed by atoms with Crippen LogP contribution in [-0.4, -0.2) is 6.10 Å². The van der Waals surface area contributed by atoms with E-state index in [0.717, 1.165) is 17.7 Å². The molecule has 1 aliphatic carbocycles. The molecule has 3 heteroatoms. The first kappa shape index (κ1) is 11.8. The van der Waals surface area contributed by atoms with Crippen LogP contribution in [0, 0.1) is 0 Å². The van der Waals surface area contributed by atoms with Crippen LogP contribution >= 0.6 is 11.3 Å². The fraction of sp³-hybridized carbons (Fsp3) is 0.333. The van der Waals surface area contributed by atoms with E-state index in [4.69, 9.17) is 10.5 Å². The summed E-state index contributed by atoms with van der Waals surface area (Å²) in [5.74, 6) is 0.954. The summed E-state index contributed by atoms with van der Waals surface area (Å²) in [6.45, 7) is 0. The van der Waals surface area contributed by atoms with Crippen LogP contribution in [0.3, 0.4) is 0 Å². The van der Waals surface area contributed by atoms with E-state index < -0.39 is 0 Å². The van der Waals surface area contributed by atoms with Crippen molar-refractivity contribution in [2.45, 2.75) is 31.4 Å². The molecule has 2 N–H and O–H groups in total. The Kier molecular flexibility index (Phi) is 3.35. The first-order valence-corrected chi connectivity index (χ1v) is 7.29. The third-order valence-corrected chi connectivity index (χ3v) is 3.88. The minimum atomic E-state index is 0.0438. The molecular formula is C15H17NOS. The van der Waals surface area contributed by atoms with E-state index in [-0.39, 0.29) is 6.04 Å². The van der Waals surface area contributed by atoms with E-state index in [1.807, 2.05) is 12.1 Å². The van der Waals surface area contributed by atoms with Gasteiger partial charge in [-0.15, -0.1) is 0 Å². The van der Waals surface area contributed by atoms with Crippen LogP contribution in [0.2, 0.25) is 0 Å². The molecule has 94 valence electrons. The van der Waals surface area contributed by atoms with Gasteiger partial charge >= 0.3 is 0 Å². The molecule has 1 saturated carbocycles. The third kappa shape index (κ3) is 2.92. The van der Waals surface area contributed by atoms with E-state index in [1.165, 1.54) is 18.4 Å². The van der Waals surface area contributed by atoms with Crippen LogP contribution in [0.1, 0.15) is 30.0 Å². The lowest BCUT2D eigenvalue weighted by molar-refractivity contribution is 0.302. The average molecular weight is 259 g/mol. The zero-order chi connectivity index (χ0) is 12.4. The maximum Gasteiger partial charge on any atom is 0.120 e. The van der Waals surface area contributed by atoms with Crippen LogP contribution in [0.25, 0.3) is 0 Å². The first-order chi connectivity index (χ1) is 8.81. The van der Waals surface area contributed by atoms with Gasteiger partial charge < -0.3 is 10.5 Å². The highest BCUT2D eigenvalue weighted by molar-refractivity contribution is 7.07. The van der Waals surface area contributed by atoms with Crippen molar-refractivity contribution in [1.82, 2.24) is 0 Å². The predicted octanol–water partition coefficient (Wildman–Crippen LogP) is 3.53. The topological polar surface area (TPSA) is 35.2 Å². The number of nitrogens with two attached hydrogens (primary N) is 1. The van der Waals surface area contributed by atoms with Crippen molar-refractivity contribution >= 4 is 11.3 Å². The van der Waals surface area contributed by atoms with E-state index in [9.17, 15) is 0 Å². The lowest BCUT2D eigenvalue weighted by Crippen LogP contribution is -2.13. The highest BCUT2D eigenvalue weighted by atomic mass is 32.1. The van der Waals surface area contributed by atoms with Gasteiger partial charge in [0.1, 0.15) is 5.75 Å². The second-order valence-corrected chi connectivity index (χ2v) is 5.61. The Bertz CT molecular complexity index is 505. The number of thiophene rings is 1. The van der Waals surface area contributed by atoms with E-state index in [1.54, 1.807) is 11.3 Å². The molecule has 0 aliphatic heterocycles. The van der Waals surface area contributed by atoms with Crippen LogP contribution < -0.4 is 10.5 Å². The molecule has 0 radical (unpaired) electrons. The second kappa shape index (κ2) is 5.12. The van der Waals surface area contributed by atoms with E-state index >= 15 is 0 Å². The van der Waals surface area contributed by atoms with Gasteiger partial charge in [-0.1, -0.05) is 12.1 Å². The summed E-state index contributed by atoms with van der Waals surface area (Å²) < 4.78 is 5.80. The van der Waals surface area contributed by atoms with Gasteiger partial charge in [0, 0.05) is 6.04 Å². The summed E-state index contributed by atoms with van der Waals surface area (Å²) in [7, 11) is 0. The zero-order valence-corrected chi connectivity index (χ0v) is 11.0. The van der Waals surface area contributed by atoms with Crippen LogP contribution in [0.5, 0.6) is 5.75 Å². The van der Waals surface area contributed by atoms with Gasteiger partial charge in [0.05, 0.1) is 6.10 Å². The molecule has 0 saturated heterocycles. The van der Waals surface area contributed by atoms with Crippen molar-refractivity contribution < 1.29 is 4.74 Å². The van der Waals surface area contributed by atoms with E-state index in [2.05, 4.69) is 29.0 Å². The standard InChI is InChI=1S/C15H17NOS/c16-15(8-11-6-7-18-10-11)12-2-1-3-14(9-12)17-13-4-5-13/h1-3,6-7,9-10,13,15H,4-5,8,16H2. The van der Waals surface area contributed by atoms with Crippen molar-refractivity contribution in [3.63, 3.8) is 0 Å². The Balaban J connectivity index is 1.69. The quantitative estimate of drug-likeness (QED) is 0.891. The van der Waals surface area contributed by atoms with Crippen LogP contribution in [0.4, 0.5) is 0 Å². The van der Waals surface area contributed by atoms with E-state index in [0.29, 0.717) is 6.10 Å². The number of hydrogen-bond donors (Lipinski definition) is 1. The Morgan fingerprint density at radius 2 is 2.22 bits per heavy atom. The van der Waals surface area contributed by atoms with Gasteiger partial charge in [0.15, 0.2) is 0 Å². The zero-order valence-electron chi connectivity index (χ0n) is 10.2. The van der Waals surface area contributed by atoms with Crippen molar-refractivity contribution in [3.8, 4) is 5.75 Å². The Morgan fingerprint density at radius 3 is 2.94 bits per heavy atom. The molecule has 1 heterocycles. The molecule has 0 amide bonds. The predicted molar refractivity (Wildman–Crippen MR) is 75.0 cm³/mol. The summed E-state index contributed by atoms with van der Waals surface area (Å²) in [6.07, 6.45) is 3.69. The molecule has 2 aromatic rings. The maximum atomic E-state index is 6.25. The fourth-order valence-electron chi connectivity index (χ4n) is 1.98. The van der Waals surface area contributed by atoms with Gasteiger partial charge in [0.2, 0.25) is 0 Å².